The molecule has 2 aliphatic rings. The number of hydrogen-bond acceptors (Lipinski definition) is 5. The number of para-hydroxylation sites is 2. The number of hydrogen-bond donors (Lipinski definition) is 0. The van der Waals surface area contributed by atoms with Crippen molar-refractivity contribution in [3.05, 3.63) is 84.2 Å². The highest BCUT2D eigenvalue weighted by atomic mass is 19.1. The molecule has 0 N–H and O–H groups in total. The summed E-state index contributed by atoms with van der Waals surface area (Å²) in [5, 5.41) is 0. The number of fused-ring (bicyclic) bond motifs is 1. The molecule has 2 heterocycles. The maximum absolute atomic E-state index is 13.6. The summed E-state index contributed by atoms with van der Waals surface area (Å²) in [6.45, 7) is 0. The van der Waals surface area contributed by atoms with Gasteiger partial charge in [-0.1, -0.05) is 25.0 Å². The number of anilines is 1. The maximum Gasteiger partial charge on any atom is 0.257 e. The number of oxazole rings is 1. The van der Waals surface area contributed by atoms with E-state index in [1.807, 2.05) is 24.3 Å². The van der Waals surface area contributed by atoms with Crippen LogP contribution in [-0.2, 0) is 9.59 Å². The van der Waals surface area contributed by atoms with Crippen LogP contribution in [0.15, 0.2) is 77.2 Å². The van der Waals surface area contributed by atoms with Crippen LogP contribution in [0.25, 0.3) is 22.6 Å². The highest BCUT2D eigenvalue weighted by Gasteiger charge is 2.47. The van der Waals surface area contributed by atoms with Gasteiger partial charge in [0.25, 0.3) is 11.8 Å². The van der Waals surface area contributed by atoms with Crippen LogP contribution in [0.5, 0.6) is 0 Å². The van der Waals surface area contributed by atoms with Gasteiger partial charge in [-0.15, -0.1) is 0 Å². The van der Waals surface area contributed by atoms with Crippen molar-refractivity contribution in [2.24, 2.45) is 0 Å². The molecule has 1 aromatic heterocycles. The highest BCUT2D eigenvalue weighted by Crippen LogP contribution is 2.34. The fraction of sp³-hybridized carbons (Fsp3) is 0.241. The van der Waals surface area contributed by atoms with E-state index in [4.69, 9.17) is 4.42 Å². The first-order chi connectivity index (χ1) is 18.0. The van der Waals surface area contributed by atoms with Gasteiger partial charge in [0.15, 0.2) is 5.58 Å². The zero-order valence-electron chi connectivity index (χ0n) is 20.0. The SMILES string of the molecule is O=C1CC(N(C(=O)c2ccc(F)cc2)C2CCCC2)C(=O)N1c1ccc(-c2nc3ccccc3o2)cc1. The summed E-state index contributed by atoms with van der Waals surface area (Å²) >= 11 is 0. The Balaban J connectivity index is 1.28. The van der Waals surface area contributed by atoms with Gasteiger partial charge < -0.3 is 9.32 Å². The lowest BCUT2D eigenvalue weighted by molar-refractivity contribution is -0.123. The summed E-state index contributed by atoms with van der Waals surface area (Å²) in [5.74, 6) is -1.14. The summed E-state index contributed by atoms with van der Waals surface area (Å²) < 4.78 is 19.3. The molecule has 2 fully saturated rings. The zero-order chi connectivity index (χ0) is 25.5. The van der Waals surface area contributed by atoms with Gasteiger partial charge in [0.2, 0.25) is 11.8 Å². The zero-order valence-corrected chi connectivity index (χ0v) is 20.0. The Kier molecular flexibility index (Phi) is 5.79. The van der Waals surface area contributed by atoms with Crippen molar-refractivity contribution in [2.75, 3.05) is 4.90 Å². The highest BCUT2D eigenvalue weighted by molar-refractivity contribution is 6.23. The van der Waals surface area contributed by atoms with Crippen molar-refractivity contribution < 1.29 is 23.2 Å². The first-order valence-electron chi connectivity index (χ1n) is 12.4. The molecular weight excluding hydrogens is 473 g/mol. The molecule has 1 saturated carbocycles. The van der Waals surface area contributed by atoms with Crippen molar-refractivity contribution in [1.82, 2.24) is 9.88 Å². The standard InChI is InChI=1S/C29H24FN3O4/c30-20-13-9-19(10-14-20)28(35)32(21-5-1-2-6-21)24-17-26(34)33(29(24)36)22-15-11-18(12-16-22)27-31-23-7-3-4-8-25(23)37-27/h3-4,7-16,21,24H,1-2,5-6,17H2. The van der Waals surface area contributed by atoms with E-state index in [1.54, 1.807) is 29.2 Å². The second-order valence-corrected chi connectivity index (χ2v) is 9.48. The molecule has 0 radical (unpaired) electrons. The lowest BCUT2D eigenvalue weighted by atomic mass is 10.1. The topological polar surface area (TPSA) is 83.7 Å². The van der Waals surface area contributed by atoms with Crippen LogP contribution in [0.3, 0.4) is 0 Å². The van der Waals surface area contributed by atoms with Crippen LogP contribution < -0.4 is 4.90 Å². The van der Waals surface area contributed by atoms with Crippen molar-refractivity contribution >= 4 is 34.5 Å². The van der Waals surface area contributed by atoms with Gasteiger partial charge in [-0.2, -0.15) is 0 Å². The lowest BCUT2D eigenvalue weighted by Gasteiger charge is -2.33. The molecule has 1 aliphatic heterocycles. The third kappa shape index (κ3) is 4.18. The minimum atomic E-state index is -0.898. The van der Waals surface area contributed by atoms with Gasteiger partial charge in [0, 0.05) is 17.2 Å². The van der Waals surface area contributed by atoms with Gasteiger partial charge in [-0.05, 0) is 73.5 Å². The van der Waals surface area contributed by atoms with E-state index in [1.165, 1.54) is 24.3 Å². The van der Waals surface area contributed by atoms with Crippen molar-refractivity contribution in [3.8, 4) is 11.5 Å². The third-order valence-electron chi connectivity index (χ3n) is 7.17. The molecule has 3 aromatic carbocycles. The summed E-state index contributed by atoms with van der Waals surface area (Å²) in [6, 6.07) is 18.6. The molecule has 0 bridgehead atoms. The van der Waals surface area contributed by atoms with Gasteiger partial charge in [0.1, 0.15) is 17.4 Å². The molecular formula is C29H24FN3O4. The van der Waals surface area contributed by atoms with Crippen molar-refractivity contribution in [2.45, 2.75) is 44.2 Å². The number of nitrogens with zero attached hydrogens (tertiary/aromatic N) is 3. The Bertz CT molecular complexity index is 1460. The Morgan fingerprint density at radius 1 is 0.946 bits per heavy atom. The summed E-state index contributed by atoms with van der Waals surface area (Å²) in [6.07, 6.45) is 3.35. The van der Waals surface area contributed by atoms with Crippen LogP contribution >= 0.6 is 0 Å². The molecule has 4 aromatic rings. The van der Waals surface area contributed by atoms with E-state index < -0.39 is 17.8 Å². The summed E-state index contributed by atoms with van der Waals surface area (Å²) in [4.78, 5) is 47.4. The molecule has 1 unspecified atom stereocenters. The average Bonchev–Trinajstić information content (AvgIpc) is 3.65. The van der Waals surface area contributed by atoms with Crippen LogP contribution in [0.4, 0.5) is 10.1 Å². The lowest BCUT2D eigenvalue weighted by Crippen LogP contribution is -2.50. The normalized spacial score (nSPS) is 18.2. The molecule has 1 saturated heterocycles. The molecule has 37 heavy (non-hydrogen) atoms. The van der Waals surface area contributed by atoms with Crippen LogP contribution in [-0.4, -0.2) is 39.7 Å². The van der Waals surface area contributed by atoms with E-state index >= 15 is 0 Å². The monoisotopic (exact) mass is 497 g/mol. The van der Waals surface area contributed by atoms with E-state index in [9.17, 15) is 18.8 Å². The van der Waals surface area contributed by atoms with Crippen LogP contribution in [0.1, 0.15) is 42.5 Å². The van der Waals surface area contributed by atoms with Crippen molar-refractivity contribution in [1.29, 1.82) is 0 Å². The smallest absolute Gasteiger partial charge is 0.257 e. The van der Waals surface area contributed by atoms with Gasteiger partial charge in [-0.25, -0.2) is 14.3 Å². The van der Waals surface area contributed by atoms with Gasteiger partial charge in [-0.3, -0.25) is 14.4 Å². The fourth-order valence-corrected chi connectivity index (χ4v) is 5.34. The Morgan fingerprint density at radius 2 is 1.65 bits per heavy atom. The Labute approximate surface area is 212 Å². The number of halogens is 1. The predicted octanol–water partition coefficient (Wildman–Crippen LogP) is 5.35. The first kappa shape index (κ1) is 23.1. The second kappa shape index (κ2) is 9.28. The summed E-state index contributed by atoms with van der Waals surface area (Å²) in [5.41, 5.74) is 2.86. The minimum Gasteiger partial charge on any atom is -0.436 e. The number of amides is 3. The number of imide groups is 1. The van der Waals surface area contributed by atoms with E-state index in [-0.39, 0.29) is 24.3 Å². The molecule has 1 atom stereocenters. The van der Waals surface area contributed by atoms with Gasteiger partial charge in [0.05, 0.1) is 12.1 Å². The fourth-order valence-electron chi connectivity index (χ4n) is 5.34. The minimum absolute atomic E-state index is 0.0881. The predicted molar refractivity (Wildman–Crippen MR) is 135 cm³/mol. The summed E-state index contributed by atoms with van der Waals surface area (Å²) in [7, 11) is 0. The molecule has 6 rings (SSSR count). The van der Waals surface area contributed by atoms with E-state index in [0.29, 0.717) is 22.7 Å². The molecule has 186 valence electrons. The van der Waals surface area contributed by atoms with Crippen molar-refractivity contribution in [3.63, 3.8) is 0 Å². The maximum atomic E-state index is 13.6. The largest absolute Gasteiger partial charge is 0.436 e. The molecule has 8 heteroatoms. The molecule has 7 nitrogen and oxygen atoms in total. The molecule has 0 spiro atoms. The molecule has 3 amide bonds. The van der Waals surface area contributed by atoms with E-state index in [0.717, 1.165) is 41.7 Å². The number of benzene rings is 3. The first-order valence-corrected chi connectivity index (χ1v) is 12.4. The quantitative estimate of drug-likeness (QED) is 0.347. The molecule has 1 aliphatic carbocycles. The third-order valence-corrected chi connectivity index (χ3v) is 7.17. The second-order valence-electron chi connectivity index (χ2n) is 9.48. The number of carbonyl (C=O) groups is 3. The Morgan fingerprint density at radius 3 is 2.35 bits per heavy atom. The van der Waals surface area contributed by atoms with Crippen LogP contribution in [0, 0.1) is 5.82 Å². The average molecular weight is 498 g/mol. The number of rotatable bonds is 5. The number of carbonyl (C=O) groups excluding carboxylic acids is 3. The number of aromatic nitrogens is 1. The van der Waals surface area contributed by atoms with Crippen LogP contribution in [0.2, 0.25) is 0 Å². The van der Waals surface area contributed by atoms with Gasteiger partial charge >= 0.3 is 0 Å². The Hall–Kier alpha value is -4.33. The van der Waals surface area contributed by atoms with E-state index in [2.05, 4.69) is 4.98 Å².